The number of nitrogens with one attached hydrogen (secondary N) is 2. The van der Waals surface area contributed by atoms with Crippen LogP contribution in [0.1, 0.15) is 22.3 Å². The first-order valence-corrected chi connectivity index (χ1v) is 9.69. The Bertz CT molecular complexity index is 994. The fraction of sp³-hybridized carbons (Fsp3) is 0.0769. The van der Waals surface area contributed by atoms with Crippen LogP contribution in [0.5, 0.6) is 0 Å². The van der Waals surface area contributed by atoms with Gasteiger partial charge in [-0.2, -0.15) is 0 Å². The summed E-state index contributed by atoms with van der Waals surface area (Å²) in [6.45, 7) is 4.04. The van der Waals surface area contributed by atoms with Crippen LogP contribution in [-0.4, -0.2) is 11.8 Å². The lowest BCUT2D eigenvalue weighted by atomic mass is 10.1. The summed E-state index contributed by atoms with van der Waals surface area (Å²) in [4.78, 5) is 24.3. The van der Waals surface area contributed by atoms with E-state index in [0.29, 0.717) is 11.4 Å². The van der Waals surface area contributed by atoms with Gasteiger partial charge in [0.1, 0.15) is 0 Å². The Morgan fingerprint density at radius 2 is 1.03 bits per heavy atom. The number of hydrogen-bond acceptors (Lipinski definition) is 2. The summed E-state index contributed by atoms with van der Waals surface area (Å²) in [5.41, 5.74) is 5.46. The molecule has 0 aliphatic heterocycles. The van der Waals surface area contributed by atoms with Crippen LogP contribution in [0.25, 0.3) is 12.2 Å². The molecule has 3 aromatic rings. The molecule has 0 heterocycles. The second-order valence-electron chi connectivity index (χ2n) is 7.05. The Balaban J connectivity index is 1.57. The predicted molar refractivity (Wildman–Crippen MR) is 124 cm³/mol. The van der Waals surface area contributed by atoms with E-state index in [4.69, 9.17) is 0 Å². The highest BCUT2D eigenvalue weighted by Crippen LogP contribution is 2.16. The Labute approximate surface area is 177 Å². The van der Waals surface area contributed by atoms with Crippen LogP contribution in [0, 0.1) is 13.8 Å². The number of carbonyl (C=O) groups is 2. The maximum atomic E-state index is 12.2. The molecule has 0 saturated carbocycles. The van der Waals surface area contributed by atoms with Gasteiger partial charge in [0.05, 0.1) is 0 Å². The Morgan fingerprint density at radius 3 is 1.43 bits per heavy atom. The van der Waals surface area contributed by atoms with E-state index in [1.54, 1.807) is 36.4 Å². The van der Waals surface area contributed by atoms with E-state index in [0.717, 1.165) is 11.1 Å². The molecular weight excluding hydrogens is 372 g/mol. The van der Waals surface area contributed by atoms with E-state index in [9.17, 15) is 9.59 Å². The van der Waals surface area contributed by atoms with Gasteiger partial charge < -0.3 is 10.6 Å². The molecule has 3 aromatic carbocycles. The number of benzene rings is 3. The van der Waals surface area contributed by atoms with Gasteiger partial charge in [-0.3, -0.25) is 9.59 Å². The van der Waals surface area contributed by atoms with Crippen molar-refractivity contribution < 1.29 is 9.59 Å². The van der Waals surface area contributed by atoms with Crippen LogP contribution < -0.4 is 10.6 Å². The maximum absolute atomic E-state index is 12.2. The Hall–Kier alpha value is -3.92. The summed E-state index contributed by atoms with van der Waals surface area (Å²) < 4.78 is 0. The zero-order chi connectivity index (χ0) is 21.3. The minimum absolute atomic E-state index is 0.238. The molecule has 2 amide bonds. The standard InChI is InChI=1S/C26H24N2O2/c1-19-6-10-21(11-7-19)14-16-25(29)27-23-4-3-5-24(18-23)28-26(30)17-15-22-12-8-20(2)9-13-22/h3-18H,1-2H3,(H,27,29)(H,28,30)/b16-14-,17-15-. The Morgan fingerprint density at radius 1 is 0.633 bits per heavy atom. The van der Waals surface area contributed by atoms with E-state index in [1.165, 1.54) is 23.3 Å². The predicted octanol–water partition coefficient (Wildman–Crippen LogP) is 5.61. The molecule has 0 unspecified atom stereocenters. The van der Waals surface area contributed by atoms with Crippen LogP contribution in [0.15, 0.2) is 84.9 Å². The summed E-state index contributed by atoms with van der Waals surface area (Å²) in [7, 11) is 0. The normalized spacial score (nSPS) is 11.0. The van der Waals surface area contributed by atoms with Crippen molar-refractivity contribution >= 4 is 35.3 Å². The molecule has 30 heavy (non-hydrogen) atoms. The number of amides is 2. The molecule has 0 radical (unpaired) electrons. The van der Waals surface area contributed by atoms with E-state index in [1.807, 2.05) is 62.4 Å². The van der Waals surface area contributed by atoms with Gasteiger partial charge in [0, 0.05) is 23.5 Å². The fourth-order valence-electron chi connectivity index (χ4n) is 2.74. The minimum Gasteiger partial charge on any atom is -0.322 e. The second-order valence-corrected chi connectivity index (χ2v) is 7.05. The van der Waals surface area contributed by atoms with Crippen molar-refractivity contribution in [2.75, 3.05) is 10.6 Å². The summed E-state index contributed by atoms with van der Waals surface area (Å²) >= 11 is 0. The molecule has 0 aromatic heterocycles. The third-order valence-corrected chi connectivity index (χ3v) is 4.41. The van der Waals surface area contributed by atoms with E-state index >= 15 is 0 Å². The van der Waals surface area contributed by atoms with Crippen LogP contribution in [-0.2, 0) is 9.59 Å². The van der Waals surface area contributed by atoms with Crippen LogP contribution in [0.3, 0.4) is 0 Å². The molecule has 2 N–H and O–H groups in total. The molecule has 0 spiro atoms. The molecule has 4 nitrogen and oxygen atoms in total. The summed E-state index contributed by atoms with van der Waals surface area (Å²) in [5.74, 6) is -0.475. The van der Waals surface area contributed by atoms with Crippen molar-refractivity contribution in [2.24, 2.45) is 0 Å². The number of anilines is 2. The van der Waals surface area contributed by atoms with Crippen molar-refractivity contribution in [1.29, 1.82) is 0 Å². The summed E-state index contributed by atoms with van der Waals surface area (Å²) in [6.07, 6.45) is 6.49. The molecule has 150 valence electrons. The van der Waals surface area contributed by atoms with Gasteiger partial charge in [0.2, 0.25) is 11.8 Å². The number of aryl methyl sites for hydroxylation is 2. The minimum atomic E-state index is -0.238. The molecule has 0 fully saturated rings. The molecule has 0 aliphatic rings. The van der Waals surface area contributed by atoms with Crippen molar-refractivity contribution in [3.8, 4) is 0 Å². The summed E-state index contributed by atoms with van der Waals surface area (Å²) in [5, 5.41) is 5.61. The molecule has 0 atom stereocenters. The first kappa shape index (κ1) is 20.8. The Kier molecular flexibility index (Phi) is 6.95. The third-order valence-electron chi connectivity index (χ3n) is 4.41. The van der Waals surface area contributed by atoms with Gasteiger partial charge in [-0.15, -0.1) is 0 Å². The SMILES string of the molecule is Cc1ccc(/C=C\C(=O)Nc2cccc(NC(=O)/C=C\c3ccc(C)cc3)c2)cc1. The largest absolute Gasteiger partial charge is 0.322 e. The van der Waals surface area contributed by atoms with Crippen LogP contribution in [0.4, 0.5) is 11.4 Å². The lowest BCUT2D eigenvalue weighted by Gasteiger charge is -2.06. The highest BCUT2D eigenvalue weighted by Gasteiger charge is 2.02. The van der Waals surface area contributed by atoms with Gasteiger partial charge in [-0.1, -0.05) is 65.7 Å². The monoisotopic (exact) mass is 396 g/mol. The average Bonchev–Trinajstić information content (AvgIpc) is 2.73. The number of carbonyl (C=O) groups excluding carboxylic acids is 2. The second kappa shape index (κ2) is 10.0. The lowest BCUT2D eigenvalue weighted by molar-refractivity contribution is -0.112. The zero-order valence-electron chi connectivity index (χ0n) is 17.1. The highest BCUT2D eigenvalue weighted by atomic mass is 16.2. The van der Waals surface area contributed by atoms with Gasteiger partial charge in [0.25, 0.3) is 0 Å². The zero-order valence-corrected chi connectivity index (χ0v) is 17.1. The first-order chi connectivity index (χ1) is 14.5. The smallest absolute Gasteiger partial charge is 0.248 e. The molecule has 4 heteroatoms. The fourth-order valence-corrected chi connectivity index (χ4v) is 2.74. The average molecular weight is 396 g/mol. The summed E-state index contributed by atoms with van der Waals surface area (Å²) in [6, 6.07) is 22.9. The van der Waals surface area contributed by atoms with Gasteiger partial charge in [-0.25, -0.2) is 0 Å². The first-order valence-electron chi connectivity index (χ1n) is 9.69. The number of hydrogen-bond donors (Lipinski definition) is 2. The molecule has 0 saturated heterocycles. The van der Waals surface area contributed by atoms with Crippen LogP contribution in [0.2, 0.25) is 0 Å². The quantitative estimate of drug-likeness (QED) is 0.532. The van der Waals surface area contributed by atoms with Crippen molar-refractivity contribution in [3.05, 3.63) is 107 Å². The van der Waals surface area contributed by atoms with Crippen molar-refractivity contribution in [1.82, 2.24) is 0 Å². The molecule has 3 rings (SSSR count). The van der Waals surface area contributed by atoms with E-state index in [-0.39, 0.29) is 11.8 Å². The molecular formula is C26H24N2O2. The third kappa shape index (κ3) is 6.60. The van der Waals surface area contributed by atoms with Gasteiger partial charge in [0.15, 0.2) is 0 Å². The van der Waals surface area contributed by atoms with E-state index < -0.39 is 0 Å². The van der Waals surface area contributed by atoms with Crippen LogP contribution >= 0.6 is 0 Å². The molecule has 0 aliphatic carbocycles. The lowest BCUT2D eigenvalue weighted by Crippen LogP contribution is -2.10. The maximum Gasteiger partial charge on any atom is 0.248 e. The highest BCUT2D eigenvalue weighted by molar-refractivity contribution is 6.04. The van der Waals surface area contributed by atoms with Crippen molar-refractivity contribution in [2.45, 2.75) is 13.8 Å². The van der Waals surface area contributed by atoms with Crippen molar-refractivity contribution in [3.63, 3.8) is 0 Å². The topological polar surface area (TPSA) is 58.2 Å². The van der Waals surface area contributed by atoms with Gasteiger partial charge in [-0.05, 0) is 55.3 Å². The van der Waals surface area contributed by atoms with Gasteiger partial charge >= 0.3 is 0 Å². The van der Waals surface area contributed by atoms with E-state index in [2.05, 4.69) is 10.6 Å². The molecule has 0 bridgehead atoms. The number of rotatable bonds is 6.